The summed E-state index contributed by atoms with van der Waals surface area (Å²) in [5, 5.41) is 0.586. The number of benzene rings is 1. The number of aryl methyl sites for hydroxylation is 1. The molecule has 0 aliphatic rings. The molecule has 0 spiro atoms. The molecular formula is C13H11ClN4. The second kappa shape index (κ2) is 3.99. The molecule has 0 unspecified atom stereocenters. The summed E-state index contributed by atoms with van der Waals surface area (Å²) in [4.78, 5) is 8.82. The van der Waals surface area contributed by atoms with Crippen LogP contribution in [0.5, 0.6) is 0 Å². The van der Waals surface area contributed by atoms with E-state index in [0.717, 1.165) is 22.7 Å². The lowest BCUT2D eigenvalue weighted by Crippen LogP contribution is -1.99. The fraction of sp³-hybridized carbons (Fsp3) is 0.0769. The topological polar surface area (TPSA) is 56.7 Å². The molecule has 0 bridgehead atoms. The molecule has 0 aliphatic heterocycles. The van der Waals surface area contributed by atoms with Gasteiger partial charge in [0.2, 0.25) is 0 Å². The van der Waals surface area contributed by atoms with Crippen molar-refractivity contribution in [2.24, 2.45) is 0 Å². The average Bonchev–Trinajstić information content (AvgIpc) is 2.66. The van der Waals surface area contributed by atoms with Crippen molar-refractivity contribution in [3.05, 3.63) is 47.4 Å². The number of pyridine rings is 1. The number of nitrogens with zero attached hydrogens (tertiary/aromatic N) is 3. The van der Waals surface area contributed by atoms with Crippen molar-refractivity contribution < 1.29 is 0 Å². The smallest absolute Gasteiger partial charge is 0.164 e. The lowest BCUT2D eigenvalue weighted by Gasteiger charge is -2.08. The standard InChI is InChI=1S/C13H11ClN4/c1-8-17-11-3-2-6-16-13(11)18(8)12-5-4-9(15)7-10(12)14/h2-7H,15H2,1H3. The van der Waals surface area contributed by atoms with E-state index < -0.39 is 0 Å². The van der Waals surface area contributed by atoms with Gasteiger partial charge in [-0.15, -0.1) is 0 Å². The molecular weight excluding hydrogens is 248 g/mol. The Morgan fingerprint density at radius 1 is 1.28 bits per heavy atom. The summed E-state index contributed by atoms with van der Waals surface area (Å²) in [6.07, 6.45) is 1.74. The summed E-state index contributed by atoms with van der Waals surface area (Å²) >= 11 is 6.24. The highest BCUT2D eigenvalue weighted by Crippen LogP contribution is 2.27. The molecule has 3 aromatic rings. The molecule has 2 aromatic heterocycles. The van der Waals surface area contributed by atoms with Crippen molar-refractivity contribution in [1.82, 2.24) is 14.5 Å². The van der Waals surface area contributed by atoms with Gasteiger partial charge < -0.3 is 5.73 Å². The SMILES string of the molecule is Cc1nc2cccnc2n1-c1ccc(N)cc1Cl. The van der Waals surface area contributed by atoms with Gasteiger partial charge in [-0.25, -0.2) is 9.97 Å². The zero-order chi connectivity index (χ0) is 12.7. The maximum Gasteiger partial charge on any atom is 0.164 e. The normalized spacial score (nSPS) is 11.0. The summed E-state index contributed by atoms with van der Waals surface area (Å²) < 4.78 is 1.93. The quantitative estimate of drug-likeness (QED) is 0.683. The van der Waals surface area contributed by atoms with Gasteiger partial charge in [-0.05, 0) is 37.3 Å². The molecule has 90 valence electrons. The number of hydrogen-bond acceptors (Lipinski definition) is 3. The van der Waals surface area contributed by atoms with E-state index in [-0.39, 0.29) is 0 Å². The van der Waals surface area contributed by atoms with E-state index in [2.05, 4.69) is 9.97 Å². The maximum absolute atomic E-state index is 6.24. The Bertz CT molecular complexity index is 733. The van der Waals surface area contributed by atoms with Gasteiger partial charge in [0.05, 0.1) is 10.7 Å². The number of imidazole rings is 1. The molecule has 0 radical (unpaired) electrons. The lowest BCUT2D eigenvalue weighted by atomic mass is 10.2. The lowest BCUT2D eigenvalue weighted by molar-refractivity contribution is 0.987. The molecule has 2 N–H and O–H groups in total. The van der Waals surface area contributed by atoms with E-state index in [1.54, 1.807) is 12.3 Å². The number of hydrogen-bond donors (Lipinski definition) is 1. The van der Waals surface area contributed by atoms with Gasteiger partial charge in [0.25, 0.3) is 0 Å². The van der Waals surface area contributed by atoms with Crippen LogP contribution in [-0.2, 0) is 0 Å². The molecule has 18 heavy (non-hydrogen) atoms. The first-order valence-electron chi connectivity index (χ1n) is 5.52. The first-order valence-corrected chi connectivity index (χ1v) is 5.90. The van der Waals surface area contributed by atoms with Gasteiger partial charge in [0.15, 0.2) is 5.65 Å². The molecule has 0 fully saturated rings. The van der Waals surface area contributed by atoms with Crippen molar-refractivity contribution in [2.75, 3.05) is 5.73 Å². The van der Waals surface area contributed by atoms with E-state index >= 15 is 0 Å². The molecule has 0 saturated carbocycles. The molecule has 0 aliphatic carbocycles. The molecule has 0 amide bonds. The van der Waals surface area contributed by atoms with Crippen molar-refractivity contribution in [3.63, 3.8) is 0 Å². The van der Waals surface area contributed by atoms with Crippen LogP contribution in [0, 0.1) is 6.92 Å². The van der Waals surface area contributed by atoms with Gasteiger partial charge in [-0.3, -0.25) is 4.57 Å². The van der Waals surface area contributed by atoms with Crippen molar-refractivity contribution in [1.29, 1.82) is 0 Å². The number of fused-ring (bicyclic) bond motifs is 1. The number of nitrogen functional groups attached to an aromatic ring is 1. The van der Waals surface area contributed by atoms with Crippen LogP contribution < -0.4 is 5.73 Å². The zero-order valence-electron chi connectivity index (χ0n) is 9.76. The van der Waals surface area contributed by atoms with Crippen molar-refractivity contribution in [2.45, 2.75) is 6.92 Å². The Morgan fingerprint density at radius 2 is 2.11 bits per heavy atom. The van der Waals surface area contributed by atoms with E-state index in [4.69, 9.17) is 17.3 Å². The van der Waals surface area contributed by atoms with Crippen LogP contribution >= 0.6 is 11.6 Å². The molecule has 1 aromatic carbocycles. The second-order valence-corrected chi connectivity index (χ2v) is 4.46. The molecule has 0 saturated heterocycles. The third-order valence-corrected chi connectivity index (χ3v) is 3.10. The molecule has 2 heterocycles. The predicted octanol–water partition coefficient (Wildman–Crippen LogP) is 2.96. The van der Waals surface area contributed by atoms with Crippen LogP contribution in [0.2, 0.25) is 5.02 Å². The molecule has 0 atom stereocenters. The Kier molecular flexibility index (Phi) is 2.45. The van der Waals surface area contributed by atoms with Gasteiger partial charge in [0, 0.05) is 11.9 Å². The third-order valence-electron chi connectivity index (χ3n) is 2.80. The monoisotopic (exact) mass is 258 g/mol. The average molecular weight is 259 g/mol. The van der Waals surface area contributed by atoms with E-state index in [9.17, 15) is 0 Å². The second-order valence-electron chi connectivity index (χ2n) is 4.05. The third kappa shape index (κ3) is 1.62. The highest BCUT2D eigenvalue weighted by molar-refractivity contribution is 6.32. The number of anilines is 1. The van der Waals surface area contributed by atoms with Crippen molar-refractivity contribution in [3.8, 4) is 5.69 Å². The van der Waals surface area contributed by atoms with Crippen LogP contribution in [0.1, 0.15) is 5.82 Å². The minimum atomic E-state index is 0.586. The fourth-order valence-electron chi connectivity index (χ4n) is 2.02. The minimum absolute atomic E-state index is 0.586. The maximum atomic E-state index is 6.24. The number of aromatic nitrogens is 3. The van der Waals surface area contributed by atoms with Crippen LogP contribution in [-0.4, -0.2) is 14.5 Å². The zero-order valence-corrected chi connectivity index (χ0v) is 10.5. The van der Waals surface area contributed by atoms with Gasteiger partial charge >= 0.3 is 0 Å². The van der Waals surface area contributed by atoms with Crippen LogP contribution in [0.25, 0.3) is 16.9 Å². The summed E-state index contributed by atoms with van der Waals surface area (Å²) in [7, 11) is 0. The summed E-state index contributed by atoms with van der Waals surface area (Å²) in [5.74, 6) is 0.843. The Labute approximate surface area is 109 Å². The number of rotatable bonds is 1. The van der Waals surface area contributed by atoms with Gasteiger partial charge in [0.1, 0.15) is 11.3 Å². The highest BCUT2D eigenvalue weighted by Gasteiger charge is 2.12. The summed E-state index contributed by atoms with van der Waals surface area (Å²) in [6.45, 7) is 1.92. The Morgan fingerprint density at radius 3 is 2.89 bits per heavy atom. The van der Waals surface area contributed by atoms with E-state index in [1.807, 2.05) is 35.8 Å². The van der Waals surface area contributed by atoms with Crippen LogP contribution in [0.15, 0.2) is 36.5 Å². The number of halogens is 1. The van der Waals surface area contributed by atoms with E-state index in [0.29, 0.717) is 10.7 Å². The van der Waals surface area contributed by atoms with Crippen LogP contribution in [0.3, 0.4) is 0 Å². The fourth-order valence-corrected chi connectivity index (χ4v) is 2.29. The summed E-state index contributed by atoms with van der Waals surface area (Å²) in [5.41, 5.74) is 8.83. The van der Waals surface area contributed by atoms with Gasteiger partial charge in [-0.2, -0.15) is 0 Å². The van der Waals surface area contributed by atoms with Crippen molar-refractivity contribution >= 4 is 28.5 Å². The van der Waals surface area contributed by atoms with Gasteiger partial charge in [-0.1, -0.05) is 11.6 Å². The van der Waals surface area contributed by atoms with Crippen LogP contribution in [0.4, 0.5) is 5.69 Å². The molecule has 3 rings (SSSR count). The minimum Gasteiger partial charge on any atom is -0.399 e. The summed E-state index contributed by atoms with van der Waals surface area (Å²) in [6, 6.07) is 9.21. The molecule has 4 nitrogen and oxygen atoms in total. The molecule has 5 heteroatoms. The first-order chi connectivity index (χ1) is 8.66. The Hall–Kier alpha value is -2.07. The predicted molar refractivity (Wildman–Crippen MR) is 73.0 cm³/mol. The largest absolute Gasteiger partial charge is 0.399 e. The highest BCUT2D eigenvalue weighted by atomic mass is 35.5. The Balaban J connectivity index is 2.34. The number of nitrogens with two attached hydrogens (primary N) is 1. The van der Waals surface area contributed by atoms with E-state index in [1.165, 1.54) is 0 Å². The first kappa shape index (κ1) is 11.0.